The molecule has 0 aromatic heterocycles. The number of cyclic esters (lactones) is 1. The van der Waals surface area contributed by atoms with Crippen molar-refractivity contribution in [2.24, 2.45) is 5.92 Å². The first-order valence-corrected chi connectivity index (χ1v) is 5.59. The molecule has 6 heteroatoms. The second-order valence-corrected chi connectivity index (χ2v) is 4.28. The maximum atomic E-state index is 11.4. The lowest BCUT2D eigenvalue weighted by atomic mass is 9.92. The van der Waals surface area contributed by atoms with E-state index in [-0.39, 0.29) is 13.4 Å². The van der Waals surface area contributed by atoms with Crippen molar-refractivity contribution in [1.29, 1.82) is 0 Å². The van der Waals surface area contributed by atoms with Crippen LogP contribution in [0.1, 0.15) is 11.7 Å². The third-order valence-electron chi connectivity index (χ3n) is 3.16. The third kappa shape index (κ3) is 1.70. The van der Waals surface area contributed by atoms with E-state index >= 15 is 0 Å². The Bertz CT molecular complexity index is 485. The molecule has 2 heterocycles. The van der Waals surface area contributed by atoms with Gasteiger partial charge in [-0.15, -0.1) is 0 Å². The van der Waals surface area contributed by atoms with Crippen LogP contribution in [-0.4, -0.2) is 35.7 Å². The molecule has 0 aliphatic carbocycles. The molecular formula is C12H12O6. The van der Waals surface area contributed by atoms with Crippen LogP contribution >= 0.6 is 0 Å². The van der Waals surface area contributed by atoms with Crippen LogP contribution in [-0.2, 0) is 9.53 Å². The second kappa shape index (κ2) is 4.15. The fourth-order valence-corrected chi connectivity index (χ4v) is 2.17. The zero-order valence-corrected chi connectivity index (χ0v) is 9.41. The monoisotopic (exact) mass is 252 g/mol. The first kappa shape index (κ1) is 11.3. The Hall–Kier alpha value is -1.79. The Morgan fingerprint density at radius 1 is 1.22 bits per heavy atom. The number of hydrogen-bond donors (Lipinski definition) is 2. The van der Waals surface area contributed by atoms with Crippen LogP contribution in [0.15, 0.2) is 18.2 Å². The summed E-state index contributed by atoms with van der Waals surface area (Å²) >= 11 is 0. The number of fused-ring (bicyclic) bond motifs is 1. The molecule has 2 N–H and O–H groups in total. The van der Waals surface area contributed by atoms with E-state index in [4.69, 9.17) is 14.2 Å². The molecule has 0 spiro atoms. The van der Waals surface area contributed by atoms with Gasteiger partial charge in [0.1, 0.15) is 18.6 Å². The highest BCUT2D eigenvalue weighted by molar-refractivity contribution is 5.76. The van der Waals surface area contributed by atoms with Gasteiger partial charge < -0.3 is 24.4 Å². The van der Waals surface area contributed by atoms with Gasteiger partial charge in [0.2, 0.25) is 6.79 Å². The van der Waals surface area contributed by atoms with Crippen LogP contribution in [0.4, 0.5) is 0 Å². The fourth-order valence-electron chi connectivity index (χ4n) is 2.17. The molecule has 1 fully saturated rings. The lowest BCUT2D eigenvalue weighted by Gasteiger charge is -2.18. The summed E-state index contributed by atoms with van der Waals surface area (Å²) in [5.74, 6) is -0.425. The highest BCUT2D eigenvalue weighted by atomic mass is 16.7. The highest BCUT2D eigenvalue weighted by Gasteiger charge is 2.41. The summed E-state index contributed by atoms with van der Waals surface area (Å²) in [4.78, 5) is 11.4. The molecule has 0 saturated carbocycles. The van der Waals surface area contributed by atoms with Gasteiger partial charge in [-0.3, -0.25) is 4.79 Å². The van der Waals surface area contributed by atoms with Crippen molar-refractivity contribution in [2.45, 2.75) is 12.2 Å². The highest BCUT2D eigenvalue weighted by Crippen LogP contribution is 2.37. The molecule has 2 aliphatic rings. The molecule has 0 amide bonds. The van der Waals surface area contributed by atoms with E-state index in [2.05, 4.69) is 0 Å². The summed E-state index contributed by atoms with van der Waals surface area (Å²) in [5.41, 5.74) is 0.488. The van der Waals surface area contributed by atoms with Gasteiger partial charge in [-0.05, 0) is 17.7 Å². The Morgan fingerprint density at radius 3 is 2.72 bits per heavy atom. The van der Waals surface area contributed by atoms with E-state index < -0.39 is 24.1 Å². The molecule has 3 atom stereocenters. The van der Waals surface area contributed by atoms with Crippen molar-refractivity contribution in [2.75, 3.05) is 13.4 Å². The first-order chi connectivity index (χ1) is 8.66. The standard InChI is InChI=1S/C12H12O6/c13-7-4-16-12(15)10(7)11(14)6-1-2-8-9(3-6)18-5-17-8/h1-3,7,10-11,13-14H,4-5H2/t7-,10-,11+/m0/s1. The summed E-state index contributed by atoms with van der Waals surface area (Å²) in [6.07, 6.45) is -2.11. The molecule has 0 unspecified atom stereocenters. The Balaban J connectivity index is 1.88. The molecular weight excluding hydrogens is 240 g/mol. The van der Waals surface area contributed by atoms with Gasteiger partial charge in [0, 0.05) is 0 Å². The minimum absolute atomic E-state index is 0.0783. The minimum Gasteiger partial charge on any atom is -0.463 e. The second-order valence-electron chi connectivity index (χ2n) is 4.28. The molecule has 1 aromatic carbocycles. The number of carbonyl (C=O) groups is 1. The van der Waals surface area contributed by atoms with E-state index in [9.17, 15) is 15.0 Å². The van der Waals surface area contributed by atoms with Crippen molar-refractivity contribution < 1.29 is 29.2 Å². The number of aliphatic hydroxyl groups excluding tert-OH is 2. The lowest BCUT2D eigenvalue weighted by Crippen LogP contribution is -2.27. The molecule has 0 radical (unpaired) electrons. The van der Waals surface area contributed by atoms with Gasteiger partial charge in [-0.2, -0.15) is 0 Å². The van der Waals surface area contributed by atoms with Crippen LogP contribution in [0.5, 0.6) is 11.5 Å². The average molecular weight is 252 g/mol. The molecule has 6 nitrogen and oxygen atoms in total. The number of benzene rings is 1. The third-order valence-corrected chi connectivity index (χ3v) is 3.16. The molecule has 18 heavy (non-hydrogen) atoms. The van der Waals surface area contributed by atoms with E-state index in [0.717, 1.165) is 0 Å². The van der Waals surface area contributed by atoms with Crippen LogP contribution in [0.25, 0.3) is 0 Å². The van der Waals surface area contributed by atoms with Gasteiger partial charge in [-0.1, -0.05) is 6.07 Å². The van der Waals surface area contributed by atoms with Gasteiger partial charge in [-0.25, -0.2) is 0 Å². The summed E-state index contributed by atoms with van der Waals surface area (Å²) in [7, 11) is 0. The van der Waals surface area contributed by atoms with E-state index in [0.29, 0.717) is 17.1 Å². The molecule has 3 rings (SSSR count). The average Bonchev–Trinajstić information content (AvgIpc) is 2.94. The van der Waals surface area contributed by atoms with E-state index in [1.807, 2.05) is 0 Å². The largest absolute Gasteiger partial charge is 0.463 e. The number of ether oxygens (including phenoxy) is 3. The molecule has 1 aromatic rings. The van der Waals surface area contributed by atoms with E-state index in [1.165, 1.54) is 0 Å². The van der Waals surface area contributed by atoms with Crippen LogP contribution in [0, 0.1) is 5.92 Å². The fraction of sp³-hybridized carbons (Fsp3) is 0.417. The van der Waals surface area contributed by atoms with E-state index in [1.54, 1.807) is 18.2 Å². The number of carbonyl (C=O) groups excluding carboxylic acids is 1. The summed E-state index contributed by atoms with van der Waals surface area (Å²) in [5, 5.41) is 19.8. The number of esters is 1. The van der Waals surface area contributed by atoms with Crippen molar-refractivity contribution in [3.05, 3.63) is 23.8 Å². The molecule has 2 aliphatic heterocycles. The zero-order valence-electron chi connectivity index (χ0n) is 9.41. The maximum Gasteiger partial charge on any atom is 0.314 e. The van der Waals surface area contributed by atoms with Crippen molar-refractivity contribution >= 4 is 5.97 Å². The maximum absolute atomic E-state index is 11.4. The van der Waals surface area contributed by atoms with Gasteiger partial charge in [0.25, 0.3) is 0 Å². The summed E-state index contributed by atoms with van der Waals surface area (Å²) < 4.78 is 15.1. The van der Waals surface area contributed by atoms with Crippen LogP contribution in [0.3, 0.4) is 0 Å². The summed E-state index contributed by atoms with van der Waals surface area (Å²) in [6, 6.07) is 4.90. The molecule has 0 bridgehead atoms. The van der Waals surface area contributed by atoms with Crippen molar-refractivity contribution in [1.82, 2.24) is 0 Å². The smallest absolute Gasteiger partial charge is 0.314 e. The van der Waals surface area contributed by atoms with Gasteiger partial charge in [0.05, 0.1) is 6.10 Å². The lowest BCUT2D eigenvalue weighted by molar-refractivity contribution is -0.144. The quantitative estimate of drug-likeness (QED) is 0.720. The molecule has 96 valence electrons. The van der Waals surface area contributed by atoms with Crippen LogP contribution in [0.2, 0.25) is 0 Å². The predicted molar refractivity (Wildman–Crippen MR) is 58.0 cm³/mol. The minimum atomic E-state index is -1.12. The first-order valence-electron chi connectivity index (χ1n) is 5.59. The Labute approximate surface area is 103 Å². The number of hydrogen-bond acceptors (Lipinski definition) is 6. The Kier molecular flexibility index (Phi) is 2.61. The predicted octanol–water partition coefficient (Wildman–Crippen LogP) is -0.0174. The van der Waals surface area contributed by atoms with Crippen molar-refractivity contribution in [3.8, 4) is 11.5 Å². The van der Waals surface area contributed by atoms with Crippen molar-refractivity contribution in [3.63, 3.8) is 0 Å². The number of rotatable bonds is 2. The van der Waals surface area contributed by atoms with Gasteiger partial charge in [0.15, 0.2) is 11.5 Å². The zero-order chi connectivity index (χ0) is 12.7. The van der Waals surface area contributed by atoms with Crippen LogP contribution < -0.4 is 9.47 Å². The number of aliphatic hydroxyl groups is 2. The SMILES string of the molecule is O=C1OC[C@H](O)[C@H]1[C@H](O)c1ccc2c(c1)OCO2. The normalized spacial score (nSPS) is 27.1. The van der Waals surface area contributed by atoms with Gasteiger partial charge >= 0.3 is 5.97 Å². The summed E-state index contributed by atoms with van der Waals surface area (Å²) in [6.45, 7) is 0.0636. The molecule has 1 saturated heterocycles. The Morgan fingerprint density at radius 2 is 2.00 bits per heavy atom. The topological polar surface area (TPSA) is 85.2 Å².